The van der Waals surface area contributed by atoms with Gasteiger partial charge in [-0.1, -0.05) is 6.07 Å². The van der Waals surface area contributed by atoms with Crippen LogP contribution in [0.15, 0.2) is 18.2 Å². The molecule has 1 aliphatic heterocycles. The van der Waals surface area contributed by atoms with Crippen molar-refractivity contribution in [1.82, 2.24) is 9.80 Å². The Morgan fingerprint density at radius 3 is 2.74 bits per heavy atom. The molecule has 1 aromatic carbocycles. The lowest BCUT2D eigenvalue weighted by atomic mass is 10.1. The van der Waals surface area contributed by atoms with Crippen LogP contribution >= 0.6 is 0 Å². The molecule has 0 saturated carbocycles. The van der Waals surface area contributed by atoms with Crippen LogP contribution in [0.3, 0.4) is 0 Å². The maximum Gasteiger partial charge on any atom is 0.160 e. The van der Waals surface area contributed by atoms with Gasteiger partial charge < -0.3 is 14.7 Å². The molecule has 1 fully saturated rings. The highest BCUT2D eigenvalue weighted by Gasteiger charge is 2.19. The van der Waals surface area contributed by atoms with E-state index < -0.39 is 0 Å². The lowest BCUT2D eigenvalue weighted by molar-refractivity contribution is 0.216. The standard InChI is InChI=1S/C15H24N2O2/c1-12(17-8-4-7-16(2)9-10-17)13-5-6-14(18)15(11-13)19-3/h5-6,11-12,18H,4,7-10H2,1-3H3. The van der Waals surface area contributed by atoms with Crippen molar-refractivity contribution in [2.45, 2.75) is 19.4 Å². The van der Waals surface area contributed by atoms with Gasteiger partial charge in [0, 0.05) is 25.7 Å². The number of aromatic hydroxyl groups is 1. The van der Waals surface area contributed by atoms with E-state index in [4.69, 9.17) is 4.74 Å². The largest absolute Gasteiger partial charge is 0.504 e. The fourth-order valence-electron chi connectivity index (χ4n) is 2.62. The monoisotopic (exact) mass is 264 g/mol. The number of hydrogen-bond donors (Lipinski definition) is 1. The number of methoxy groups -OCH3 is 1. The summed E-state index contributed by atoms with van der Waals surface area (Å²) < 4.78 is 5.19. The molecule has 106 valence electrons. The third-order valence-electron chi connectivity index (χ3n) is 3.99. The zero-order chi connectivity index (χ0) is 13.8. The Bertz CT molecular complexity index is 423. The molecule has 1 heterocycles. The molecule has 1 N–H and O–H groups in total. The van der Waals surface area contributed by atoms with Gasteiger partial charge in [-0.3, -0.25) is 4.90 Å². The lowest BCUT2D eigenvalue weighted by Gasteiger charge is -2.28. The van der Waals surface area contributed by atoms with Crippen LogP contribution in [0.5, 0.6) is 11.5 Å². The van der Waals surface area contributed by atoms with Crippen LogP contribution in [0.4, 0.5) is 0 Å². The first-order chi connectivity index (χ1) is 9.11. The van der Waals surface area contributed by atoms with Crippen molar-refractivity contribution in [3.63, 3.8) is 0 Å². The minimum absolute atomic E-state index is 0.203. The predicted molar refractivity (Wildman–Crippen MR) is 76.8 cm³/mol. The summed E-state index contributed by atoms with van der Waals surface area (Å²) >= 11 is 0. The molecule has 4 heteroatoms. The number of nitrogens with zero attached hydrogens (tertiary/aromatic N) is 2. The number of benzene rings is 1. The summed E-state index contributed by atoms with van der Waals surface area (Å²) in [6.07, 6.45) is 1.20. The van der Waals surface area contributed by atoms with Gasteiger partial charge in [-0.2, -0.15) is 0 Å². The van der Waals surface area contributed by atoms with Crippen molar-refractivity contribution < 1.29 is 9.84 Å². The molecular formula is C15H24N2O2. The SMILES string of the molecule is COc1cc(C(C)N2CCCN(C)CC2)ccc1O. The lowest BCUT2D eigenvalue weighted by Crippen LogP contribution is -2.31. The van der Waals surface area contributed by atoms with Gasteiger partial charge in [0.15, 0.2) is 11.5 Å². The summed E-state index contributed by atoms with van der Waals surface area (Å²) in [7, 11) is 3.77. The second kappa shape index (κ2) is 6.26. The Kier molecular flexibility index (Phi) is 4.66. The quantitative estimate of drug-likeness (QED) is 0.907. The molecule has 1 aliphatic rings. The van der Waals surface area contributed by atoms with Gasteiger partial charge in [0.25, 0.3) is 0 Å². The van der Waals surface area contributed by atoms with Crippen molar-refractivity contribution in [3.05, 3.63) is 23.8 Å². The number of hydrogen-bond acceptors (Lipinski definition) is 4. The summed E-state index contributed by atoms with van der Waals surface area (Å²) in [5, 5.41) is 9.66. The average Bonchev–Trinajstić information content (AvgIpc) is 2.63. The molecule has 2 rings (SSSR count). The summed E-state index contributed by atoms with van der Waals surface area (Å²) in [5.74, 6) is 0.755. The zero-order valence-corrected chi connectivity index (χ0v) is 12.1. The van der Waals surface area contributed by atoms with Gasteiger partial charge in [-0.15, -0.1) is 0 Å². The van der Waals surface area contributed by atoms with Crippen LogP contribution < -0.4 is 4.74 Å². The number of ether oxygens (including phenoxy) is 1. The number of likely N-dealkylation sites (N-methyl/N-ethyl adjacent to an activating group) is 1. The summed E-state index contributed by atoms with van der Waals surface area (Å²) in [6.45, 7) is 6.70. The van der Waals surface area contributed by atoms with Crippen molar-refractivity contribution in [2.75, 3.05) is 40.3 Å². The zero-order valence-electron chi connectivity index (χ0n) is 12.1. The molecule has 1 unspecified atom stereocenters. The first-order valence-electron chi connectivity index (χ1n) is 6.91. The number of rotatable bonds is 3. The Morgan fingerprint density at radius 1 is 1.21 bits per heavy atom. The van der Waals surface area contributed by atoms with Crippen LogP contribution in [-0.2, 0) is 0 Å². The van der Waals surface area contributed by atoms with Crippen LogP contribution in [-0.4, -0.2) is 55.2 Å². The van der Waals surface area contributed by atoms with Crippen LogP contribution in [0.25, 0.3) is 0 Å². The highest BCUT2D eigenvalue weighted by atomic mass is 16.5. The number of phenols is 1. The molecule has 4 nitrogen and oxygen atoms in total. The van der Waals surface area contributed by atoms with E-state index in [1.807, 2.05) is 12.1 Å². The highest BCUT2D eigenvalue weighted by Crippen LogP contribution is 2.31. The Hall–Kier alpha value is -1.26. The summed E-state index contributed by atoms with van der Waals surface area (Å²) in [4.78, 5) is 4.87. The number of phenolic OH excluding ortho intramolecular Hbond substituents is 1. The van der Waals surface area contributed by atoms with E-state index in [1.165, 1.54) is 18.5 Å². The molecular weight excluding hydrogens is 240 g/mol. The maximum absolute atomic E-state index is 9.66. The molecule has 19 heavy (non-hydrogen) atoms. The maximum atomic E-state index is 9.66. The molecule has 1 saturated heterocycles. The van der Waals surface area contributed by atoms with Gasteiger partial charge in [0.2, 0.25) is 0 Å². The van der Waals surface area contributed by atoms with Crippen LogP contribution in [0.1, 0.15) is 24.9 Å². The van der Waals surface area contributed by atoms with E-state index in [-0.39, 0.29) is 5.75 Å². The third-order valence-corrected chi connectivity index (χ3v) is 3.99. The molecule has 0 amide bonds. The molecule has 0 aromatic heterocycles. The second-order valence-electron chi connectivity index (χ2n) is 5.30. The van der Waals surface area contributed by atoms with E-state index in [0.717, 1.165) is 19.6 Å². The Labute approximate surface area is 115 Å². The van der Waals surface area contributed by atoms with E-state index in [0.29, 0.717) is 11.8 Å². The van der Waals surface area contributed by atoms with Gasteiger partial charge in [0.1, 0.15) is 0 Å². The van der Waals surface area contributed by atoms with Gasteiger partial charge in [-0.05, 0) is 44.6 Å². The molecule has 0 bridgehead atoms. The minimum Gasteiger partial charge on any atom is -0.504 e. The fraction of sp³-hybridized carbons (Fsp3) is 0.600. The minimum atomic E-state index is 0.203. The molecule has 1 aromatic rings. The van der Waals surface area contributed by atoms with E-state index in [1.54, 1.807) is 13.2 Å². The Balaban J connectivity index is 2.12. The average molecular weight is 264 g/mol. The summed E-state index contributed by atoms with van der Waals surface area (Å²) in [6, 6.07) is 5.99. The van der Waals surface area contributed by atoms with Gasteiger partial charge in [0.05, 0.1) is 7.11 Å². The van der Waals surface area contributed by atoms with Gasteiger partial charge >= 0.3 is 0 Å². The summed E-state index contributed by atoms with van der Waals surface area (Å²) in [5.41, 5.74) is 1.19. The predicted octanol–water partition coefficient (Wildman–Crippen LogP) is 2.10. The topological polar surface area (TPSA) is 35.9 Å². The van der Waals surface area contributed by atoms with Crippen molar-refractivity contribution in [3.8, 4) is 11.5 Å². The van der Waals surface area contributed by atoms with Crippen molar-refractivity contribution in [1.29, 1.82) is 0 Å². The first-order valence-corrected chi connectivity index (χ1v) is 6.91. The second-order valence-corrected chi connectivity index (χ2v) is 5.30. The molecule has 0 spiro atoms. The molecule has 1 atom stereocenters. The highest BCUT2D eigenvalue weighted by molar-refractivity contribution is 5.42. The normalized spacial score (nSPS) is 19.9. The van der Waals surface area contributed by atoms with Gasteiger partial charge in [-0.25, -0.2) is 0 Å². The van der Waals surface area contributed by atoms with E-state index in [9.17, 15) is 5.11 Å². The Morgan fingerprint density at radius 2 is 2.00 bits per heavy atom. The molecule has 0 radical (unpaired) electrons. The third kappa shape index (κ3) is 3.39. The first kappa shape index (κ1) is 14.2. The van der Waals surface area contributed by atoms with Crippen molar-refractivity contribution >= 4 is 0 Å². The fourth-order valence-corrected chi connectivity index (χ4v) is 2.62. The van der Waals surface area contributed by atoms with Crippen molar-refractivity contribution in [2.24, 2.45) is 0 Å². The molecule has 0 aliphatic carbocycles. The van der Waals surface area contributed by atoms with E-state index >= 15 is 0 Å². The van der Waals surface area contributed by atoms with E-state index in [2.05, 4.69) is 23.8 Å². The van der Waals surface area contributed by atoms with Crippen LogP contribution in [0.2, 0.25) is 0 Å². The van der Waals surface area contributed by atoms with Crippen LogP contribution in [0, 0.1) is 0 Å². The smallest absolute Gasteiger partial charge is 0.160 e.